The number of rotatable bonds is 5. The lowest BCUT2D eigenvalue weighted by molar-refractivity contribution is 0.254. The molecule has 0 spiro atoms. The van der Waals surface area contributed by atoms with Gasteiger partial charge in [0.1, 0.15) is 17.6 Å². The quantitative estimate of drug-likeness (QED) is 0.895. The Morgan fingerprint density at radius 3 is 3.05 bits per heavy atom. The third-order valence-corrected chi connectivity index (χ3v) is 3.30. The fraction of sp³-hybridized carbons (Fsp3) is 0.429. The summed E-state index contributed by atoms with van der Waals surface area (Å²) in [6.07, 6.45) is 2.49. The van der Waals surface area contributed by atoms with Gasteiger partial charge in [-0.2, -0.15) is 4.98 Å². The van der Waals surface area contributed by atoms with Crippen molar-refractivity contribution < 1.29 is 14.0 Å². The molecule has 0 fully saturated rings. The zero-order valence-electron chi connectivity index (χ0n) is 11.5. The number of aromatic nitrogens is 2. The Labute approximate surface area is 117 Å². The van der Waals surface area contributed by atoms with Crippen LogP contribution in [0.3, 0.4) is 0 Å². The topological polar surface area (TPSA) is 69.4 Å². The fourth-order valence-corrected chi connectivity index (χ4v) is 2.39. The van der Waals surface area contributed by atoms with Crippen molar-refractivity contribution in [3.63, 3.8) is 0 Å². The Bertz CT molecular complexity index is 584. The third kappa shape index (κ3) is 2.60. The average molecular weight is 275 g/mol. The summed E-state index contributed by atoms with van der Waals surface area (Å²) in [4.78, 5) is 3.96. The lowest BCUT2D eigenvalue weighted by Gasteiger charge is -2.11. The first-order valence-electron chi connectivity index (χ1n) is 6.58. The van der Waals surface area contributed by atoms with Crippen LogP contribution in [0, 0.1) is 0 Å². The maximum absolute atomic E-state index is 5.78. The minimum atomic E-state index is 0.234. The van der Waals surface area contributed by atoms with Crippen LogP contribution in [0.5, 0.6) is 11.5 Å². The highest BCUT2D eigenvalue weighted by molar-refractivity contribution is 5.48. The van der Waals surface area contributed by atoms with E-state index < -0.39 is 0 Å². The Morgan fingerprint density at radius 1 is 1.40 bits per heavy atom. The van der Waals surface area contributed by atoms with E-state index in [-0.39, 0.29) is 6.10 Å². The summed E-state index contributed by atoms with van der Waals surface area (Å²) in [6.45, 7) is 3.28. The standard InChI is InChI=1S/C14H17N3O3/c1-9-3-10-4-12(18-2)11(5-13(10)20-9)6-15-7-14-16-8-19-17-14/h4-5,8-9,15H,3,6-7H2,1-2H3. The van der Waals surface area contributed by atoms with Gasteiger partial charge in [-0.25, -0.2) is 0 Å². The van der Waals surface area contributed by atoms with Crippen LogP contribution < -0.4 is 14.8 Å². The van der Waals surface area contributed by atoms with E-state index >= 15 is 0 Å². The molecule has 2 heterocycles. The van der Waals surface area contributed by atoms with E-state index in [2.05, 4.69) is 33.0 Å². The van der Waals surface area contributed by atoms with Gasteiger partial charge in [-0.1, -0.05) is 5.16 Å². The highest BCUT2D eigenvalue weighted by Gasteiger charge is 2.21. The number of ether oxygens (including phenoxy) is 2. The lowest BCUT2D eigenvalue weighted by Crippen LogP contribution is -2.14. The molecule has 0 saturated heterocycles. The number of hydrogen-bond donors (Lipinski definition) is 1. The molecule has 1 aromatic carbocycles. The maximum atomic E-state index is 5.78. The molecule has 6 nitrogen and oxygen atoms in total. The van der Waals surface area contributed by atoms with Gasteiger partial charge in [-0.3, -0.25) is 0 Å². The Balaban J connectivity index is 1.70. The van der Waals surface area contributed by atoms with Gasteiger partial charge in [0, 0.05) is 24.1 Å². The fourth-order valence-electron chi connectivity index (χ4n) is 2.39. The van der Waals surface area contributed by atoms with Crippen molar-refractivity contribution >= 4 is 0 Å². The van der Waals surface area contributed by atoms with Gasteiger partial charge in [0.15, 0.2) is 5.82 Å². The van der Waals surface area contributed by atoms with E-state index in [4.69, 9.17) is 9.47 Å². The summed E-state index contributed by atoms with van der Waals surface area (Å²) in [5.74, 6) is 2.46. The van der Waals surface area contributed by atoms with Crippen molar-refractivity contribution in [2.75, 3.05) is 7.11 Å². The smallest absolute Gasteiger partial charge is 0.213 e. The molecule has 0 amide bonds. The lowest BCUT2D eigenvalue weighted by atomic mass is 10.1. The molecule has 6 heteroatoms. The summed E-state index contributed by atoms with van der Waals surface area (Å²) >= 11 is 0. The zero-order valence-corrected chi connectivity index (χ0v) is 11.5. The molecule has 1 atom stereocenters. The summed E-state index contributed by atoms with van der Waals surface area (Å²) in [5, 5.41) is 7.01. The number of methoxy groups -OCH3 is 1. The molecule has 1 N–H and O–H groups in total. The molecule has 1 aromatic heterocycles. The van der Waals surface area contributed by atoms with E-state index in [0.29, 0.717) is 18.9 Å². The van der Waals surface area contributed by atoms with Crippen LogP contribution in [0.15, 0.2) is 23.0 Å². The predicted octanol–water partition coefficient (Wildman–Crippen LogP) is 1.69. The summed E-state index contributed by atoms with van der Waals surface area (Å²) in [5.41, 5.74) is 2.26. The molecule has 1 unspecified atom stereocenters. The van der Waals surface area contributed by atoms with Gasteiger partial charge in [-0.05, 0) is 19.1 Å². The highest BCUT2D eigenvalue weighted by Crippen LogP contribution is 2.34. The Hall–Kier alpha value is -2.08. The van der Waals surface area contributed by atoms with Crippen LogP contribution in [0.2, 0.25) is 0 Å². The van der Waals surface area contributed by atoms with Crippen LogP contribution >= 0.6 is 0 Å². The SMILES string of the molecule is COc1cc2c(cc1CNCc1ncon1)OC(C)C2. The first-order valence-corrected chi connectivity index (χ1v) is 6.58. The number of nitrogens with zero attached hydrogens (tertiary/aromatic N) is 2. The maximum Gasteiger partial charge on any atom is 0.213 e. The molecule has 20 heavy (non-hydrogen) atoms. The predicted molar refractivity (Wildman–Crippen MR) is 71.6 cm³/mol. The van der Waals surface area contributed by atoms with E-state index in [1.807, 2.05) is 6.07 Å². The molecule has 0 aliphatic carbocycles. The van der Waals surface area contributed by atoms with Gasteiger partial charge in [-0.15, -0.1) is 0 Å². The molecule has 0 bridgehead atoms. The number of benzene rings is 1. The van der Waals surface area contributed by atoms with Crippen LogP contribution in [0.4, 0.5) is 0 Å². The molecule has 2 aromatic rings. The van der Waals surface area contributed by atoms with Gasteiger partial charge < -0.3 is 19.3 Å². The van der Waals surface area contributed by atoms with Crippen molar-refractivity contribution in [2.45, 2.75) is 32.5 Å². The third-order valence-electron chi connectivity index (χ3n) is 3.30. The van der Waals surface area contributed by atoms with Crippen LogP contribution in [0.25, 0.3) is 0 Å². The minimum absolute atomic E-state index is 0.234. The minimum Gasteiger partial charge on any atom is -0.496 e. The van der Waals surface area contributed by atoms with Crippen molar-refractivity contribution in [3.05, 3.63) is 35.5 Å². The average Bonchev–Trinajstić information content (AvgIpc) is 3.05. The first-order chi connectivity index (χ1) is 9.76. The molecule has 1 aliphatic rings. The van der Waals surface area contributed by atoms with Crippen LogP contribution in [0.1, 0.15) is 23.9 Å². The second-order valence-corrected chi connectivity index (χ2v) is 4.86. The molecule has 1 aliphatic heterocycles. The first kappa shape index (κ1) is 12.9. The second kappa shape index (κ2) is 5.50. The van der Waals surface area contributed by atoms with Gasteiger partial charge >= 0.3 is 0 Å². The number of fused-ring (bicyclic) bond motifs is 1. The van der Waals surface area contributed by atoms with Crippen LogP contribution in [-0.2, 0) is 19.5 Å². The Morgan fingerprint density at radius 2 is 2.30 bits per heavy atom. The van der Waals surface area contributed by atoms with Crippen molar-refractivity contribution in [1.82, 2.24) is 15.5 Å². The number of nitrogens with one attached hydrogen (secondary N) is 1. The second-order valence-electron chi connectivity index (χ2n) is 4.86. The van der Waals surface area contributed by atoms with Gasteiger partial charge in [0.2, 0.25) is 6.39 Å². The molecular formula is C14H17N3O3. The molecule has 0 radical (unpaired) electrons. The van der Waals surface area contributed by atoms with Crippen molar-refractivity contribution in [1.29, 1.82) is 0 Å². The summed E-state index contributed by atoms with van der Waals surface area (Å²) < 4.78 is 15.9. The molecular weight excluding hydrogens is 258 g/mol. The van der Waals surface area contributed by atoms with Crippen LogP contribution in [-0.4, -0.2) is 23.4 Å². The monoisotopic (exact) mass is 275 g/mol. The van der Waals surface area contributed by atoms with Crippen molar-refractivity contribution in [3.8, 4) is 11.5 Å². The summed E-state index contributed by atoms with van der Waals surface area (Å²) in [7, 11) is 1.68. The van der Waals surface area contributed by atoms with E-state index in [1.165, 1.54) is 12.0 Å². The van der Waals surface area contributed by atoms with E-state index in [1.54, 1.807) is 7.11 Å². The van der Waals surface area contributed by atoms with Gasteiger partial charge in [0.05, 0.1) is 13.7 Å². The zero-order chi connectivity index (χ0) is 13.9. The molecule has 106 valence electrons. The molecule has 3 rings (SSSR count). The van der Waals surface area contributed by atoms with E-state index in [0.717, 1.165) is 23.5 Å². The van der Waals surface area contributed by atoms with Gasteiger partial charge in [0.25, 0.3) is 0 Å². The van der Waals surface area contributed by atoms with E-state index in [9.17, 15) is 0 Å². The Kier molecular flexibility index (Phi) is 3.56. The largest absolute Gasteiger partial charge is 0.496 e. The molecule has 0 saturated carbocycles. The normalized spacial score (nSPS) is 16.8. The van der Waals surface area contributed by atoms with Crippen molar-refractivity contribution in [2.24, 2.45) is 0 Å². The highest BCUT2D eigenvalue weighted by atomic mass is 16.5. The number of hydrogen-bond acceptors (Lipinski definition) is 6. The summed E-state index contributed by atoms with van der Waals surface area (Å²) in [6, 6.07) is 4.10.